The fourth-order valence-corrected chi connectivity index (χ4v) is 4.38. The normalized spacial score (nSPS) is 13.4. The van der Waals surface area contributed by atoms with Crippen LogP contribution in [-0.4, -0.2) is 108 Å². The maximum absolute atomic E-state index is 13.2. The molecular formula is C30H41N7O10. The third-order valence-electron chi connectivity index (χ3n) is 7.22. The summed E-state index contributed by atoms with van der Waals surface area (Å²) >= 11 is 0. The third kappa shape index (κ3) is 12.1. The molecule has 0 bridgehead atoms. The predicted octanol–water partition coefficient (Wildman–Crippen LogP) is -0.286. The molecule has 0 saturated heterocycles. The van der Waals surface area contributed by atoms with Gasteiger partial charge >= 0.3 is 12.0 Å². The Bertz CT molecular complexity index is 1380. The number of unbranched alkanes of at least 4 members (excludes halogenated alkanes) is 2. The molecule has 17 nitrogen and oxygen atoms in total. The molecule has 1 aromatic carbocycles. The maximum atomic E-state index is 13.2. The van der Waals surface area contributed by atoms with Crippen LogP contribution in [0, 0.1) is 0 Å². The summed E-state index contributed by atoms with van der Waals surface area (Å²) in [5.74, 6) is -4.10. The Balaban J connectivity index is 1.95. The second kappa shape index (κ2) is 18.5. The molecule has 1 aliphatic rings. The Morgan fingerprint density at radius 1 is 0.979 bits per heavy atom. The van der Waals surface area contributed by atoms with E-state index in [4.69, 9.17) is 10.5 Å². The van der Waals surface area contributed by atoms with E-state index in [9.17, 15) is 43.5 Å². The largest absolute Gasteiger partial charge is 0.495 e. The van der Waals surface area contributed by atoms with Crippen molar-refractivity contribution in [2.45, 2.75) is 57.5 Å². The van der Waals surface area contributed by atoms with Crippen molar-refractivity contribution in [2.75, 3.05) is 39.1 Å². The number of likely N-dealkylation sites (N-methyl/N-ethyl adjacent to an activating group) is 1. The van der Waals surface area contributed by atoms with Gasteiger partial charge in [-0.3, -0.25) is 33.7 Å². The molecule has 0 fully saturated rings. The number of primary amides is 1. The number of nitrogens with zero attached hydrogens (tertiary/aromatic N) is 2. The number of imide groups is 1. The average molecular weight is 660 g/mol. The van der Waals surface area contributed by atoms with E-state index in [0.717, 1.165) is 9.80 Å². The van der Waals surface area contributed by atoms with Crippen molar-refractivity contribution in [2.24, 2.45) is 5.73 Å². The summed E-state index contributed by atoms with van der Waals surface area (Å²) in [5, 5.41) is 19.3. The van der Waals surface area contributed by atoms with Crippen molar-refractivity contribution in [3.05, 3.63) is 35.9 Å². The van der Waals surface area contributed by atoms with Crippen molar-refractivity contribution in [1.29, 1.82) is 0 Å². The van der Waals surface area contributed by atoms with Gasteiger partial charge in [0.05, 0.1) is 19.3 Å². The summed E-state index contributed by atoms with van der Waals surface area (Å²) < 4.78 is 5.33. The van der Waals surface area contributed by atoms with Crippen LogP contribution in [0.1, 0.15) is 55.8 Å². The molecular weight excluding hydrogens is 618 g/mol. The number of anilines is 1. The van der Waals surface area contributed by atoms with Crippen molar-refractivity contribution in [3.8, 4) is 5.75 Å². The van der Waals surface area contributed by atoms with Crippen molar-refractivity contribution in [3.63, 3.8) is 0 Å². The smallest absolute Gasteiger partial charge is 0.326 e. The van der Waals surface area contributed by atoms with Gasteiger partial charge in [0.2, 0.25) is 17.7 Å². The number of urea groups is 1. The summed E-state index contributed by atoms with van der Waals surface area (Å²) in [5.41, 5.74) is 5.37. The van der Waals surface area contributed by atoms with E-state index < -0.39 is 54.3 Å². The van der Waals surface area contributed by atoms with Crippen LogP contribution in [0.5, 0.6) is 5.75 Å². The van der Waals surface area contributed by atoms with Crippen molar-refractivity contribution in [1.82, 2.24) is 25.8 Å². The number of benzene rings is 1. The second-order valence-corrected chi connectivity index (χ2v) is 10.6. The number of carboxylic acids is 1. The molecule has 2 atom stereocenters. The zero-order valence-corrected chi connectivity index (χ0v) is 26.5. The van der Waals surface area contributed by atoms with E-state index >= 15 is 0 Å². The highest BCUT2D eigenvalue weighted by atomic mass is 16.5. The van der Waals surface area contributed by atoms with Crippen LogP contribution in [0.15, 0.2) is 30.4 Å². The molecule has 0 radical (unpaired) electrons. The van der Waals surface area contributed by atoms with E-state index in [0.29, 0.717) is 19.3 Å². The Hall–Kier alpha value is -5.48. The SMILES string of the molecule is COc1cc(C(=O)N(C)[C@@H](C)C(=O)O)ccc1NC(=O)C(CCCNC(N)=O)NC(=O)CNC(=O)CCCCCN1C(=O)C=CC1=O. The minimum Gasteiger partial charge on any atom is -0.495 e. The molecule has 1 heterocycles. The summed E-state index contributed by atoms with van der Waals surface area (Å²) in [7, 11) is 2.65. The molecule has 256 valence electrons. The minimum atomic E-state index is -1.18. The summed E-state index contributed by atoms with van der Waals surface area (Å²) in [4.78, 5) is 98.5. The Labute approximate surface area is 271 Å². The number of hydrogen-bond donors (Lipinski definition) is 6. The third-order valence-corrected chi connectivity index (χ3v) is 7.22. The first kappa shape index (κ1) is 37.7. The Morgan fingerprint density at radius 2 is 1.66 bits per heavy atom. The number of carbonyl (C=O) groups is 8. The number of methoxy groups -OCH3 is 1. The van der Waals surface area contributed by atoms with E-state index in [2.05, 4.69) is 21.3 Å². The molecule has 0 aromatic heterocycles. The van der Waals surface area contributed by atoms with Gasteiger partial charge in [-0.15, -0.1) is 0 Å². The molecule has 1 aromatic rings. The topological polar surface area (TPSA) is 247 Å². The van der Waals surface area contributed by atoms with Crippen LogP contribution in [0.3, 0.4) is 0 Å². The van der Waals surface area contributed by atoms with Crippen LogP contribution < -0.4 is 31.7 Å². The van der Waals surface area contributed by atoms with Crippen LogP contribution >= 0.6 is 0 Å². The standard InChI is InChI=1S/C30H41N7O10/c1-18(29(44)45)36(2)28(43)19-10-11-20(22(16-19)47-3)35-27(42)21(8-7-14-32-30(31)46)34-24(39)17-33-23(38)9-5-4-6-15-37-25(40)12-13-26(37)41/h10-13,16,18,21H,4-9,14-15,17H2,1-3H3,(H,33,38)(H,34,39)(H,35,42)(H,44,45)(H3,31,32,46)/t18-,21?/m0/s1. The average Bonchev–Trinajstić information content (AvgIpc) is 3.36. The maximum Gasteiger partial charge on any atom is 0.326 e. The molecule has 47 heavy (non-hydrogen) atoms. The molecule has 0 spiro atoms. The minimum absolute atomic E-state index is 0.0834. The molecule has 1 aliphatic heterocycles. The lowest BCUT2D eigenvalue weighted by atomic mass is 10.1. The molecule has 0 aliphatic carbocycles. The number of hydrogen-bond acceptors (Lipinski definition) is 9. The lowest BCUT2D eigenvalue weighted by Gasteiger charge is -2.22. The van der Waals surface area contributed by atoms with Crippen LogP contribution in [0.2, 0.25) is 0 Å². The highest BCUT2D eigenvalue weighted by Crippen LogP contribution is 2.27. The van der Waals surface area contributed by atoms with Gasteiger partial charge in [0.25, 0.3) is 17.7 Å². The number of amides is 8. The van der Waals surface area contributed by atoms with E-state index in [1.165, 1.54) is 51.4 Å². The van der Waals surface area contributed by atoms with Gasteiger partial charge in [-0.1, -0.05) is 6.42 Å². The van der Waals surface area contributed by atoms with Crippen molar-refractivity contribution >= 4 is 53.1 Å². The number of carbonyl (C=O) groups excluding carboxylic acids is 7. The molecule has 7 N–H and O–H groups in total. The number of nitrogens with one attached hydrogen (secondary N) is 4. The lowest BCUT2D eigenvalue weighted by Crippen LogP contribution is -2.47. The number of ether oxygens (including phenoxy) is 1. The molecule has 0 saturated carbocycles. The van der Waals surface area contributed by atoms with Crippen molar-refractivity contribution < 1.29 is 48.2 Å². The zero-order valence-electron chi connectivity index (χ0n) is 26.5. The van der Waals surface area contributed by atoms with Crippen LogP contribution in [0.4, 0.5) is 10.5 Å². The van der Waals surface area contributed by atoms with Gasteiger partial charge < -0.3 is 41.7 Å². The van der Waals surface area contributed by atoms with Gasteiger partial charge in [-0.05, 0) is 50.8 Å². The van der Waals surface area contributed by atoms with Gasteiger partial charge in [0.1, 0.15) is 17.8 Å². The highest BCUT2D eigenvalue weighted by Gasteiger charge is 2.26. The molecule has 1 unspecified atom stereocenters. The fraction of sp³-hybridized carbons (Fsp3) is 0.467. The first-order chi connectivity index (χ1) is 22.2. The lowest BCUT2D eigenvalue weighted by molar-refractivity contribution is -0.141. The number of rotatable bonds is 19. The van der Waals surface area contributed by atoms with E-state index in [1.807, 2.05) is 0 Å². The summed E-state index contributed by atoms with van der Waals surface area (Å²) in [6.45, 7) is 1.33. The number of carboxylic acid groups (broad SMARTS) is 1. The molecule has 2 rings (SSSR count). The first-order valence-corrected chi connectivity index (χ1v) is 14.9. The van der Waals surface area contributed by atoms with Gasteiger partial charge in [0.15, 0.2) is 0 Å². The second-order valence-electron chi connectivity index (χ2n) is 10.6. The number of aliphatic carboxylic acids is 1. The van der Waals surface area contributed by atoms with Gasteiger partial charge in [-0.25, -0.2) is 9.59 Å². The van der Waals surface area contributed by atoms with Gasteiger partial charge in [0, 0.05) is 44.3 Å². The van der Waals surface area contributed by atoms with Crippen LogP contribution in [-0.2, 0) is 28.8 Å². The molecule has 8 amide bonds. The highest BCUT2D eigenvalue weighted by molar-refractivity contribution is 6.12. The first-order valence-electron chi connectivity index (χ1n) is 14.9. The summed E-state index contributed by atoms with van der Waals surface area (Å²) in [6.07, 6.45) is 4.44. The molecule has 17 heteroatoms. The predicted molar refractivity (Wildman–Crippen MR) is 167 cm³/mol. The van der Waals surface area contributed by atoms with E-state index in [1.54, 1.807) is 0 Å². The quantitative estimate of drug-likeness (QED) is 0.0837. The number of nitrogens with two attached hydrogens (primary N) is 1. The fourth-order valence-electron chi connectivity index (χ4n) is 4.38. The summed E-state index contributed by atoms with van der Waals surface area (Å²) in [6, 6.07) is 1.17. The monoisotopic (exact) mass is 659 g/mol. The van der Waals surface area contributed by atoms with E-state index in [-0.39, 0.29) is 61.2 Å². The Kier molecular flexibility index (Phi) is 14.8. The zero-order chi connectivity index (χ0) is 35.1. The Morgan fingerprint density at radius 3 is 2.28 bits per heavy atom. The van der Waals surface area contributed by atoms with Crippen LogP contribution in [0.25, 0.3) is 0 Å². The van der Waals surface area contributed by atoms with Gasteiger partial charge in [-0.2, -0.15) is 0 Å².